The van der Waals surface area contributed by atoms with Gasteiger partial charge >= 0.3 is 0 Å². The first-order valence-electron chi connectivity index (χ1n) is 5.74. The SMILES string of the molecule is CCCC1C(=O)NCCN1c1ncc(F)cn1. The predicted octanol–water partition coefficient (Wildman–Crippen LogP) is 0.721. The molecule has 1 amide bonds. The molecule has 1 fully saturated rings. The van der Waals surface area contributed by atoms with E-state index < -0.39 is 5.82 Å². The molecular formula is C11H15FN4O. The zero-order valence-electron chi connectivity index (χ0n) is 9.69. The lowest BCUT2D eigenvalue weighted by Crippen LogP contribution is -2.55. The quantitative estimate of drug-likeness (QED) is 0.843. The lowest BCUT2D eigenvalue weighted by atomic mass is 10.1. The molecule has 6 heteroatoms. The van der Waals surface area contributed by atoms with Crippen molar-refractivity contribution in [3.8, 4) is 0 Å². The maximum Gasteiger partial charge on any atom is 0.242 e. The van der Waals surface area contributed by atoms with Gasteiger partial charge in [0.05, 0.1) is 12.4 Å². The van der Waals surface area contributed by atoms with Crippen LogP contribution in [0, 0.1) is 5.82 Å². The molecule has 0 bridgehead atoms. The van der Waals surface area contributed by atoms with Crippen molar-refractivity contribution in [1.29, 1.82) is 0 Å². The van der Waals surface area contributed by atoms with E-state index in [4.69, 9.17) is 0 Å². The highest BCUT2D eigenvalue weighted by Crippen LogP contribution is 2.16. The summed E-state index contributed by atoms with van der Waals surface area (Å²) in [6.07, 6.45) is 3.89. The van der Waals surface area contributed by atoms with Crippen molar-refractivity contribution in [1.82, 2.24) is 15.3 Å². The third kappa shape index (κ3) is 2.51. The molecule has 0 aliphatic carbocycles. The number of hydrogen-bond acceptors (Lipinski definition) is 4. The van der Waals surface area contributed by atoms with E-state index in [9.17, 15) is 9.18 Å². The lowest BCUT2D eigenvalue weighted by Gasteiger charge is -2.34. The summed E-state index contributed by atoms with van der Waals surface area (Å²) >= 11 is 0. The van der Waals surface area contributed by atoms with E-state index in [-0.39, 0.29) is 11.9 Å². The molecule has 1 aliphatic heterocycles. The van der Waals surface area contributed by atoms with Gasteiger partial charge in [-0.3, -0.25) is 4.79 Å². The number of piperazine rings is 1. The number of rotatable bonds is 3. The fraction of sp³-hybridized carbons (Fsp3) is 0.545. The predicted molar refractivity (Wildman–Crippen MR) is 61.0 cm³/mol. The number of halogens is 1. The van der Waals surface area contributed by atoms with Crippen molar-refractivity contribution in [3.05, 3.63) is 18.2 Å². The second kappa shape index (κ2) is 5.07. The van der Waals surface area contributed by atoms with Crippen LogP contribution in [-0.2, 0) is 4.79 Å². The second-order valence-electron chi connectivity index (χ2n) is 3.99. The minimum absolute atomic E-state index is 0.00831. The lowest BCUT2D eigenvalue weighted by molar-refractivity contribution is -0.123. The zero-order valence-corrected chi connectivity index (χ0v) is 9.69. The van der Waals surface area contributed by atoms with Crippen molar-refractivity contribution >= 4 is 11.9 Å². The molecule has 0 radical (unpaired) electrons. The molecule has 1 aliphatic rings. The molecule has 1 saturated heterocycles. The van der Waals surface area contributed by atoms with Gasteiger partial charge in [0.25, 0.3) is 0 Å². The largest absolute Gasteiger partial charge is 0.353 e. The molecule has 5 nitrogen and oxygen atoms in total. The maximum absolute atomic E-state index is 12.8. The van der Waals surface area contributed by atoms with Crippen molar-refractivity contribution in [2.75, 3.05) is 18.0 Å². The fourth-order valence-corrected chi connectivity index (χ4v) is 1.97. The molecule has 2 heterocycles. The highest BCUT2D eigenvalue weighted by atomic mass is 19.1. The van der Waals surface area contributed by atoms with Crippen LogP contribution in [0.2, 0.25) is 0 Å². The summed E-state index contributed by atoms with van der Waals surface area (Å²) in [5, 5.41) is 2.82. The fourth-order valence-electron chi connectivity index (χ4n) is 1.97. The number of nitrogens with one attached hydrogen (secondary N) is 1. The molecule has 0 aromatic carbocycles. The third-order valence-electron chi connectivity index (χ3n) is 2.76. The molecule has 1 atom stereocenters. The van der Waals surface area contributed by atoms with Gasteiger partial charge in [0.2, 0.25) is 11.9 Å². The summed E-state index contributed by atoms with van der Waals surface area (Å²) in [6.45, 7) is 3.24. The van der Waals surface area contributed by atoms with Crippen LogP contribution in [-0.4, -0.2) is 35.0 Å². The van der Waals surface area contributed by atoms with E-state index in [1.54, 1.807) is 0 Å². The Balaban J connectivity index is 2.21. The molecule has 1 aromatic heterocycles. The van der Waals surface area contributed by atoms with Crippen molar-refractivity contribution in [2.24, 2.45) is 0 Å². The van der Waals surface area contributed by atoms with Crippen LogP contribution < -0.4 is 10.2 Å². The topological polar surface area (TPSA) is 58.1 Å². The van der Waals surface area contributed by atoms with Gasteiger partial charge in [0.15, 0.2) is 5.82 Å². The van der Waals surface area contributed by atoms with Gasteiger partial charge in [0.1, 0.15) is 6.04 Å². The molecule has 0 spiro atoms. The van der Waals surface area contributed by atoms with Gasteiger partial charge in [-0.2, -0.15) is 0 Å². The molecule has 17 heavy (non-hydrogen) atoms. The van der Waals surface area contributed by atoms with E-state index in [2.05, 4.69) is 15.3 Å². The third-order valence-corrected chi connectivity index (χ3v) is 2.76. The first kappa shape index (κ1) is 11.8. The highest BCUT2D eigenvalue weighted by Gasteiger charge is 2.30. The zero-order chi connectivity index (χ0) is 12.3. The first-order valence-corrected chi connectivity index (χ1v) is 5.74. The minimum atomic E-state index is -0.470. The van der Waals surface area contributed by atoms with Crippen LogP contribution in [0.4, 0.5) is 10.3 Å². The molecule has 0 saturated carbocycles. The number of nitrogens with zero attached hydrogens (tertiary/aromatic N) is 3. The van der Waals surface area contributed by atoms with Gasteiger partial charge in [0, 0.05) is 13.1 Å². The summed E-state index contributed by atoms with van der Waals surface area (Å²) in [4.78, 5) is 21.4. The summed E-state index contributed by atoms with van der Waals surface area (Å²) in [5.74, 6) is -0.0621. The first-order chi connectivity index (χ1) is 8.22. The number of amides is 1. The van der Waals surface area contributed by atoms with Gasteiger partial charge in [-0.1, -0.05) is 13.3 Å². The Hall–Kier alpha value is -1.72. The molecule has 1 aromatic rings. The van der Waals surface area contributed by atoms with Crippen LogP contribution in [0.5, 0.6) is 0 Å². The minimum Gasteiger partial charge on any atom is -0.353 e. The number of hydrogen-bond donors (Lipinski definition) is 1. The second-order valence-corrected chi connectivity index (χ2v) is 3.99. The number of aromatic nitrogens is 2. The van der Waals surface area contributed by atoms with Crippen molar-refractivity contribution in [2.45, 2.75) is 25.8 Å². The molecular weight excluding hydrogens is 223 g/mol. The van der Waals surface area contributed by atoms with Crippen LogP contribution in [0.25, 0.3) is 0 Å². The van der Waals surface area contributed by atoms with E-state index in [1.165, 1.54) is 0 Å². The Morgan fingerprint density at radius 2 is 2.24 bits per heavy atom. The van der Waals surface area contributed by atoms with E-state index in [0.717, 1.165) is 25.2 Å². The van der Waals surface area contributed by atoms with Gasteiger partial charge in [-0.15, -0.1) is 0 Å². The summed E-state index contributed by atoms with van der Waals surface area (Å²) in [5.41, 5.74) is 0. The van der Waals surface area contributed by atoms with Gasteiger partial charge in [-0.25, -0.2) is 14.4 Å². The number of carbonyl (C=O) groups excluding carboxylic acids is 1. The van der Waals surface area contributed by atoms with Gasteiger partial charge < -0.3 is 10.2 Å². The van der Waals surface area contributed by atoms with Crippen LogP contribution >= 0.6 is 0 Å². The normalized spacial score (nSPS) is 20.2. The smallest absolute Gasteiger partial charge is 0.242 e. The maximum atomic E-state index is 12.8. The Morgan fingerprint density at radius 1 is 1.53 bits per heavy atom. The number of anilines is 1. The van der Waals surface area contributed by atoms with Crippen LogP contribution in [0.3, 0.4) is 0 Å². The van der Waals surface area contributed by atoms with Gasteiger partial charge in [-0.05, 0) is 6.42 Å². The van der Waals surface area contributed by atoms with Crippen molar-refractivity contribution < 1.29 is 9.18 Å². The van der Waals surface area contributed by atoms with Crippen LogP contribution in [0.15, 0.2) is 12.4 Å². The van der Waals surface area contributed by atoms with Crippen molar-refractivity contribution in [3.63, 3.8) is 0 Å². The Kier molecular flexibility index (Phi) is 3.51. The molecule has 1 N–H and O–H groups in total. The average Bonchev–Trinajstić information content (AvgIpc) is 2.33. The summed E-state index contributed by atoms with van der Waals surface area (Å²) in [7, 11) is 0. The molecule has 2 rings (SSSR count). The van der Waals surface area contributed by atoms with Crippen LogP contribution in [0.1, 0.15) is 19.8 Å². The highest BCUT2D eigenvalue weighted by molar-refractivity contribution is 5.85. The summed E-state index contributed by atoms with van der Waals surface area (Å²) in [6, 6.07) is -0.251. The Morgan fingerprint density at radius 3 is 2.88 bits per heavy atom. The average molecular weight is 238 g/mol. The number of carbonyl (C=O) groups is 1. The summed E-state index contributed by atoms with van der Waals surface area (Å²) < 4.78 is 12.8. The monoisotopic (exact) mass is 238 g/mol. The standard InChI is InChI=1S/C11H15FN4O/c1-2-3-9-10(17)13-4-5-16(9)11-14-6-8(12)7-15-11/h6-7,9H,2-5H2,1H3,(H,13,17). The molecule has 92 valence electrons. The Labute approximate surface area is 99.1 Å². The molecule has 1 unspecified atom stereocenters. The Bertz CT molecular complexity index is 395. The van der Waals surface area contributed by atoms with E-state index in [1.807, 2.05) is 11.8 Å². The van der Waals surface area contributed by atoms with E-state index in [0.29, 0.717) is 19.0 Å². The van der Waals surface area contributed by atoms with E-state index >= 15 is 0 Å².